The maximum absolute atomic E-state index is 11.6. The Morgan fingerprint density at radius 2 is 2.06 bits per heavy atom. The van der Waals surface area contributed by atoms with Crippen LogP contribution in [0.4, 0.5) is 0 Å². The number of thioether (sulfide) groups is 1. The van der Waals surface area contributed by atoms with Crippen molar-refractivity contribution in [1.82, 2.24) is 4.90 Å². The van der Waals surface area contributed by atoms with E-state index in [4.69, 9.17) is 12.2 Å². The highest BCUT2D eigenvalue weighted by Crippen LogP contribution is 2.40. The highest BCUT2D eigenvalue weighted by atomic mass is 32.2. The minimum Gasteiger partial charge on any atom is -0.325 e. The second-order valence-corrected chi connectivity index (χ2v) is 8.05. The van der Waals surface area contributed by atoms with E-state index in [-0.39, 0.29) is 11.0 Å². The number of hydrogen-bond donors (Lipinski definition) is 0. The van der Waals surface area contributed by atoms with Gasteiger partial charge in [-0.15, -0.1) is 0 Å². The normalized spacial score (nSPS) is 25.1. The third kappa shape index (κ3) is 2.20. The highest BCUT2D eigenvalue weighted by molar-refractivity contribution is 8.24. The lowest BCUT2D eigenvalue weighted by Gasteiger charge is -2.18. The number of sulfone groups is 1. The van der Waals surface area contributed by atoms with Crippen molar-refractivity contribution in [2.24, 2.45) is 0 Å². The van der Waals surface area contributed by atoms with E-state index in [1.54, 1.807) is 0 Å². The average molecular weight is 297 g/mol. The maximum atomic E-state index is 11.6. The van der Waals surface area contributed by atoms with Crippen molar-refractivity contribution in [2.75, 3.05) is 5.75 Å². The topological polar surface area (TPSA) is 37.4 Å². The zero-order valence-electron chi connectivity index (χ0n) is 9.44. The van der Waals surface area contributed by atoms with Crippen LogP contribution in [0.25, 0.3) is 0 Å². The Balaban J connectivity index is 1.90. The van der Waals surface area contributed by atoms with Crippen molar-refractivity contribution >= 4 is 38.1 Å². The SMILES string of the molecule is O=S1(=O)C=C2[C@@H](C1)SC(=S)N2Cc1ccccc1. The Hall–Kier alpha value is -0.850. The maximum Gasteiger partial charge on any atom is 0.174 e. The van der Waals surface area contributed by atoms with Crippen molar-refractivity contribution < 1.29 is 8.42 Å². The minimum atomic E-state index is -3.04. The van der Waals surface area contributed by atoms with E-state index in [0.29, 0.717) is 6.54 Å². The summed E-state index contributed by atoms with van der Waals surface area (Å²) < 4.78 is 23.9. The average Bonchev–Trinajstić information content (AvgIpc) is 2.74. The first-order valence-corrected chi connectivity index (χ1v) is 8.52. The Morgan fingerprint density at radius 3 is 2.78 bits per heavy atom. The predicted octanol–water partition coefficient (Wildman–Crippen LogP) is 2.16. The lowest BCUT2D eigenvalue weighted by Crippen LogP contribution is -2.21. The predicted molar refractivity (Wildman–Crippen MR) is 77.8 cm³/mol. The second kappa shape index (κ2) is 4.36. The summed E-state index contributed by atoms with van der Waals surface area (Å²) >= 11 is 6.80. The van der Waals surface area contributed by atoms with E-state index in [1.165, 1.54) is 17.2 Å². The van der Waals surface area contributed by atoms with Crippen LogP contribution in [0.2, 0.25) is 0 Å². The fourth-order valence-electron chi connectivity index (χ4n) is 2.15. The van der Waals surface area contributed by atoms with Gasteiger partial charge >= 0.3 is 0 Å². The van der Waals surface area contributed by atoms with Crippen LogP contribution in [0.5, 0.6) is 0 Å². The fourth-order valence-corrected chi connectivity index (χ4v) is 5.80. The van der Waals surface area contributed by atoms with E-state index in [1.807, 2.05) is 35.2 Å². The Kier molecular flexibility index (Phi) is 2.96. The second-order valence-electron chi connectivity index (χ2n) is 4.32. The minimum absolute atomic E-state index is 0.00814. The number of fused-ring (bicyclic) bond motifs is 1. The molecule has 0 bridgehead atoms. The van der Waals surface area contributed by atoms with Crippen molar-refractivity contribution in [3.63, 3.8) is 0 Å². The van der Waals surface area contributed by atoms with Gasteiger partial charge in [0, 0.05) is 12.2 Å². The highest BCUT2D eigenvalue weighted by Gasteiger charge is 2.41. The van der Waals surface area contributed by atoms with Gasteiger partial charge < -0.3 is 4.90 Å². The molecule has 0 aromatic heterocycles. The molecule has 0 aliphatic carbocycles. The molecular weight excluding hydrogens is 286 g/mol. The van der Waals surface area contributed by atoms with Gasteiger partial charge in [-0.3, -0.25) is 0 Å². The molecule has 0 radical (unpaired) electrons. The molecule has 3 nitrogen and oxygen atoms in total. The third-order valence-electron chi connectivity index (χ3n) is 2.97. The molecule has 0 unspecified atom stereocenters. The lowest BCUT2D eigenvalue weighted by atomic mass is 10.2. The third-order valence-corrected chi connectivity index (χ3v) is 6.21. The molecule has 3 rings (SSSR count). The van der Waals surface area contributed by atoms with Crippen LogP contribution in [-0.2, 0) is 16.4 Å². The molecule has 1 aromatic carbocycles. The van der Waals surface area contributed by atoms with Gasteiger partial charge in [-0.1, -0.05) is 54.3 Å². The van der Waals surface area contributed by atoms with Crippen LogP contribution in [0.15, 0.2) is 41.4 Å². The summed E-state index contributed by atoms with van der Waals surface area (Å²) in [4.78, 5) is 1.94. The summed E-state index contributed by atoms with van der Waals surface area (Å²) in [5.74, 6) is 0.179. The largest absolute Gasteiger partial charge is 0.325 e. The van der Waals surface area contributed by atoms with Crippen LogP contribution in [0.1, 0.15) is 5.56 Å². The van der Waals surface area contributed by atoms with Crippen LogP contribution < -0.4 is 0 Å². The lowest BCUT2D eigenvalue weighted by molar-refractivity contribution is 0.526. The summed E-state index contributed by atoms with van der Waals surface area (Å²) in [6, 6.07) is 9.94. The van der Waals surface area contributed by atoms with Gasteiger partial charge in [-0.2, -0.15) is 0 Å². The molecule has 2 aliphatic rings. The van der Waals surface area contributed by atoms with E-state index in [2.05, 4.69) is 0 Å². The van der Waals surface area contributed by atoms with Gasteiger partial charge in [-0.25, -0.2) is 8.42 Å². The standard InChI is InChI=1S/C12H11NO2S3/c14-18(15)7-10-11(8-18)17-12(16)13(10)6-9-4-2-1-3-5-9/h1-5,7,11H,6,8H2/t11-/m1/s1. The monoisotopic (exact) mass is 297 g/mol. The van der Waals surface area contributed by atoms with Gasteiger partial charge in [0.25, 0.3) is 0 Å². The molecule has 0 saturated carbocycles. The van der Waals surface area contributed by atoms with Crippen molar-refractivity contribution in [2.45, 2.75) is 11.8 Å². The molecule has 94 valence electrons. The summed E-state index contributed by atoms with van der Waals surface area (Å²) in [7, 11) is -3.04. The van der Waals surface area contributed by atoms with Gasteiger partial charge in [-0.05, 0) is 5.56 Å². The zero-order chi connectivity index (χ0) is 12.8. The molecular formula is C12H11NO2S3. The quantitative estimate of drug-likeness (QED) is 0.782. The van der Waals surface area contributed by atoms with Crippen molar-refractivity contribution in [3.05, 3.63) is 47.0 Å². The molecule has 1 aromatic rings. The summed E-state index contributed by atoms with van der Waals surface area (Å²) in [5, 5.41) is 1.37. The van der Waals surface area contributed by atoms with Crippen LogP contribution >= 0.6 is 24.0 Å². The number of thiocarbonyl (C=S) groups is 1. The Labute approximate surface area is 116 Å². The van der Waals surface area contributed by atoms with Crippen LogP contribution in [-0.4, -0.2) is 28.6 Å². The summed E-state index contributed by atoms with van der Waals surface area (Å²) in [5.41, 5.74) is 1.97. The van der Waals surface area contributed by atoms with Gasteiger partial charge in [0.2, 0.25) is 0 Å². The van der Waals surface area contributed by atoms with Crippen LogP contribution in [0.3, 0.4) is 0 Å². The molecule has 1 saturated heterocycles. The number of benzene rings is 1. The van der Waals surface area contributed by atoms with Crippen LogP contribution in [0, 0.1) is 0 Å². The van der Waals surface area contributed by atoms with Gasteiger partial charge in [0.1, 0.15) is 4.32 Å². The Morgan fingerprint density at radius 1 is 1.33 bits per heavy atom. The van der Waals surface area contributed by atoms with E-state index < -0.39 is 9.84 Å². The number of rotatable bonds is 2. The smallest absolute Gasteiger partial charge is 0.174 e. The summed E-state index contributed by atoms with van der Waals surface area (Å²) in [6.45, 7) is 0.643. The molecule has 0 N–H and O–H groups in total. The molecule has 0 spiro atoms. The molecule has 1 atom stereocenters. The van der Waals surface area contributed by atoms with Crippen molar-refractivity contribution in [1.29, 1.82) is 0 Å². The van der Waals surface area contributed by atoms with Gasteiger partial charge in [0.15, 0.2) is 9.84 Å². The van der Waals surface area contributed by atoms with E-state index >= 15 is 0 Å². The fraction of sp³-hybridized carbons (Fsp3) is 0.250. The van der Waals surface area contributed by atoms with Gasteiger partial charge in [0.05, 0.1) is 16.4 Å². The first kappa shape index (κ1) is 12.2. The first-order valence-electron chi connectivity index (χ1n) is 5.51. The molecule has 1 fully saturated rings. The van der Waals surface area contributed by atoms with Crippen molar-refractivity contribution in [3.8, 4) is 0 Å². The van der Waals surface area contributed by atoms with E-state index in [9.17, 15) is 8.42 Å². The number of hydrogen-bond acceptors (Lipinski definition) is 4. The molecule has 2 aliphatic heterocycles. The molecule has 6 heteroatoms. The first-order chi connectivity index (χ1) is 8.55. The zero-order valence-corrected chi connectivity index (χ0v) is 11.9. The van der Waals surface area contributed by atoms with E-state index in [0.717, 1.165) is 15.6 Å². The number of nitrogens with zero attached hydrogens (tertiary/aromatic N) is 1. The summed E-state index contributed by atoms with van der Waals surface area (Å²) in [6.07, 6.45) is 0. The Bertz CT molecular complexity index is 622. The molecule has 2 heterocycles. The molecule has 18 heavy (non-hydrogen) atoms. The molecule has 0 amide bonds.